The van der Waals surface area contributed by atoms with E-state index in [-0.39, 0.29) is 19.4 Å². The van der Waals surface area contributed by atoms with Gasteiger partial charge in [-0.25, -0.2) is 4.39 Å². The van der Waals surface area contributed by atoms with Crippen LogP contribution in [0.4, 0.5) is 4.39 Å². The molecule has 0 heterocycles. The minimum absolute atomic E-state index is 0.0370. The first-order valence-corrected chi connectivity index (χ1v) is 3.82. The highest BCUT2D eigenvalue weighted by atomic mass is 19.1. The summed E-state index contributed by atoms with van der Waals surface area (Å²) in [5.41, 5.74) is 0. The lowest BCUT2D eigenvalue weighted by Gasteiger charge is -2.11. The second-order valence-electron chi connectivity index (χ2n) is 2.47. The van der Waals surface area contributed by atoms with Gasteiger partial charge in [-0.2, -0.15) is 0 Å². The van der Waals surface area contributed by atoms with Crippen LogP contribution in [0.3, 0.4) is 0 Å². The number of carboxylic acids is 2. The average Bonchev–Trinajstić information content (AvgIpc) is 2.03. The van der Waals surface area contributed by atoms with Crippen LogP contribution in [-0.2, 0) is 9.59 Å². The molecule has 0 saturated carbocycles. The first kappa shape index (κ1) is 11.8. The number of hydrogen-bond acceptors (Lipinski definition) is 3. The van der Waals surface area contributed by atoms with Crippen LogP contribution in [0.25, 0.3) is 0 Å². The number of alkyl halides is 1. The van der Waals surface area contributed by atoms with Gasteiger partial charge in [-0.05, 0) is 6.42 Å². The normalized spacial score (nSPS) is 12.4. The highest BCUT2D eigenvalue weighted by molar-refractivity contribution is 5.75. The Hall–Kier alpha value is -1.17. The summed E-state index contributed by atoms with van der Waals surface area (Å²) in [7, 11) is 0. The standard InChI is InChI=1S/C7H12FNO4/c8-3-4-9-5(7(12)13)1-2-6(10)11/h5,9H,1-4H2,(H,10,11)(H,12,13)/t5-/m0/s1. The van der Waals surface area contributed by atoms with Crippen molar-refractivity contribution in [2.75, 3.05) is 13.2 Å². The molecule has 5 nitrogen and oxygen atoms in total. The molecule has 0 radical (unpaired) electrons. The summed E-state index contributed by atoms with van der Waals surface area (Å²) in [5.74, 6) is -2.22. The van der Waals surface area contributed by atoms with Gasteiger partial charge >= 0.3 is 11.9 Å². The van der Waals surface area contributed by atoms with E-state index >= 15 is 0 Å². The van der Waals surface area contributed by atoms with Crippen molar-refractivity contribution in [3.05, 3.63) is 0 Å². The Bertz CT molecular complexity index is 185. The second kappa shape index (κ2) is 6.36. The first-order chi connectivity index (χ1) is 6.07. The van der Waals surface area contributed by atoms with Gasteiger partial charge < -0.3 is 15.5 Å². The summed E-state index contributed by atoms with van der Waals surface area (Å²) in [6.45, 7) is -0.743. The van der Waals surface area contributed by atoms with Crippen molar-refractivity contribution in [3.63, 3.8) is 0 Å². The van der Waals surface area contributed by atoms with E-state index in [1.54, 1.807) is 0 Å². The Morgan fingerprint density at radius 3 is 2.38 bits per heavy atom. The van der Waals surface area contributed by atoms with Gasteiger partial charge in [0.05, 0.1) is 0 Å². The van der Waals surface area contributed by atoms with Gasteiger partial charge in [0.1, 0.15) is 12.7 Å². The van der Waals surface area contributed by atoms with Gasteiger partial charge in [0.25, 0.3) is 0 Å². The molecule has 0 spiro atoms. The molecule has 0 aliphatic heterocycles. The third-order valence-electron chi connectivity index (χ3n) is 1.43. The largest absolute Gasteiger partial charge is 0.481 e. The van der Waals surface area contributed by atoms with Crippen molar-refractivity contribution in [2.45, 2.75) is 18.9 Å². The molecule has 1 atom stereocenters. The van der Waals surface area contributed by atoms with Crippen LogP contribution in [0.15, 0.2) is 0 Å². The van der Waals surface area contributed by atoms with Gasteiger partial charge in [-0.1, -0.05) is 0 Å². The van der Waals surface area contributed by atoms with E-state index < -0.39 is 24.7 Å². The van der Waals surface area contributed by atoms with Crippen LogP contribution in [-0.4, -0.2) is 41.4 Å². The number of rotatable bonds is 7. The zero-order chi connectivity index (χ0) is 10.3. The molecule has 0 aromatic heterocycles. The lowest BCUT2D eigenvalue weighted by Crippen LogP contribution is -2.38. The summed E-state index contributed by atoms with van der Waals surface area (Å²) < 4.78 is 11.6. The number of aliphatic carboxylic acids is 2. The molecule has 0 fully saturated rings. The maximum absolute atomic E-state index is 11.6. The van der Waals surface area contributed by atoms with Crippen LogP contribution in [0.2, 0.25) is 0 Å². The Morgan fingerprint density at radius 2 is 2.00 bits per heavy atom. The van der Waals surface area contributed by atoms with E-state index in [1.807, 2.05) is 0 Å². The third kappa shape index (κ3) is 6.03. The predicted molar refractivity (Wildman–Crippen MR) is 42.3 cm³/mol. The van der Waals surface area contributed by atoms with Crippen LogP contribution in [0, 0.1) is 0 Å². The molecule has 0 aliphatic carbocycles. The van der Waals surface area contributed by atoms with Crippen molar-refractivity contribution in [3.8, 4) is 0 Å². The summed E-state index contributed by atoms with van der Waals surface area (Å²) in [5, 5.41) is 19.2. The molecule has 0 aliphatic rings. The van der Waals surface area contributed by atoms with E-state index in [0.717, 1.165) is 0 Å². The highest BCUT2D eigenvalue weighted by Crippen LogP contribution is 1.97. The topological polar surface area (TPSA) is 86.6 Å². The van der Waals surface area contributed by atoms with Gasteiger partial charge in [-0.3, -0.25) is 9.59 Å². The van der Waals surface area contributed by atoms with Crippen LogP contribution in [0.1, 0.15) is 12.8 Å². The molecule has 13 heavy (non-hydrogen) atoms. The molecule has 0 rings (SSSR count). The monoisotopic (exact) mass is 193 g/mol. The predicted octanol–water partition coefficient (Wildman–Crippen LogP) is -0.137. The Kier molecular flexibility index (Phi) is 5.79. The molecule has 0 bridgehead atoms. The number of hydrogen-bond donors (Lipinski definition) is 3. The third-order valence-corrected chi connectivity index (χ3v) is 1.43. The fraction of sp³-hybridized carbons (Fsp3) is 0.714. The van der Waals surface area contributed by atoms with Crippen LogP contribution < -0.4 is 5.32 Å². The molecular weight excluding hydrogens is 181 g/mol. The molecule has 76 valence electrons. The van der Waals surface area contributed by atoms with Gasteiger partial charge in [0.2, 0.25) is 0 Å². The first-order valence-electron chi connectivity index (χ1n) is 3.82. The van der Waals surface area contributed by atoms with E-state index in [1.165, 1.54) is 0 Å². The summed E-state index contributed by atoms with van der Waals surface area (Å²) in [6.07, 6.45) is -0.277. The van der Waals surface area contributed by atoms with Crippen LogP contribution in [0.5, 0.6) is 0 Å². The maximum Gasteiger partial charge on any atom is 0.320 e. The Labute approximate surface area is 74.6 Å². The number of nitrogens with one attached hydrogen (secondary N) is 1. The fourth-order valence-corrected chi connectivity index (χ4v) is 0.809. The number of carboxylic acid groups (broad SMARTS) is 2. The summed E-state index contributed by atoms with van der Waals surface area (Å²) >= 11 is 0. The SMILES string of the molecule is O=C(O)CC[C@H](NCCF)C(=O)O. The van der Waals surface area contributed by atoms with Crippen molar-refractivity contribution in [1.82, 2.24) is 5.32 Å². The quantitative estimate of drug-likeness (QED) is 0.524. The molecule has 3 N–H and O–H groups in total. The Balaban J connectivity index is 3.80. The summed E-state index contributed by atoms with van der Waals surface area (Å²) in [4.78, 5) is 20.5. The molecular formula is C7H12FNO4. The van der Waals surface area contributed by atoms with Gasteiger partial charge in [0.15, 0.2) is 0 Å². The average molecular weight is 193 g/mol. The van der Waals surface area contributed by atoms with E-state index in [0.29, 0.717) is 0 Å². The van der Waals surface area contributed by atoms with Crippen molar-refractivity contribution >= 4 is 11.9 Å². The number of carbonyl (C=O) groups is 2. The van der Waals surface area contributed by atoms with Gasteiger partial charge in [0, 0.05) is 13.0 Å². The molecule has 0 amide bonds. The van der Waals surface area contributed by atoms with Crippen molar-refractivity contribution < 1.29 is 24.2 Å². The van der Waals surface area contributed by atoms with Crippen molar-refractivity contribution in [2.24, 2.45) is 0 Å². The molecule has 0 aromatic carbocycles. The number of halogens is 1. The Morgan fingerprint density at radius 1 is 1.38 bits per heavy atom. The van der Waals surface area contributed by atoms with E-state index in [2.05, 4.69) is 5.32 Å². The molecule has 0 aromatic rings. The minimum atomic E-state index is -1.16. The smallest absolute Gasteiger partial charge is 0.320 e. The maximum atomic E-state index is 11.6. The second-order valence-corrected chi connectivity index (χ2v) is 2.47. The summed E-state index contributed by atoms with van der Waals surface area (Å²) in [6, 6.07) is -0.980. The molecule has 0 unspecified atom stereocenters. The molecule has 0 saturated heterocycles. The van der Waals surface area contributed by atoms with Gasteiger partial charge in [-0.15, -0.1) is 0 Å². The molecule has 6 heteroatoms. The van der Waals surface area contributed by atoms with E-state index in [4.69, 9.17) is 10.2 Å². The lowest BCUT2D eigenvalue weighted by atomic mass is 10.1. The highest BCUT2D eigenvalue weighted by Gasteiger charge is 2.17. The lowest BCUT2D eigenvalue weighted by molar-refractivity contribution is -0.140. The zero-order valence-corrected chi connectivity index (χ0v) is 6.99. The van der Waals surface area contributed by atoms with E-state index in [9.17, 15) is 14.0 Å². The van der Waals surface area contributed by atoms with Crippen LogP contribution >= 0.6 is 0 Å². The van der Waals surface area contributed by atoms with Crippen molar-refractivity contribution in [1.29, 1.82) is 0 Å². The fourth-order valence-electron chi connectivity index (χ4n) is 0.809. The minimum Gasteiger partial charge on any atom is -0.481 e. The zero-order valence-electron chi connectivity index (χ0n) is 6.99.